The van der Waals surface area contributed by atoms with Crippen molar-refractivity contribution in [2.45, 2.75) is 6.61 Å². The number of aromatic nitrogens is 1. The Hall–Kier alpha value is -3.87. The molecule has 0 unspecified atom stereocenters. The fourth-order valence-corrected chi connectivity index (χ4v) is 2.46. The third kappa shape index (κ3) is 4.40. The van der Waals surface area contributed by atoms with Crippen molar-refractivity contribution in [1.29, 1.82) is 0 Å². The molecule has 0 aliphatic heterocycles. The zero-order valence-electron chi connectivity index (χ0n) is 14.2. The minimum atomic E-state index is -1.19. The largest absolute Gasteiger partial charge is 0.478 e. The van der Waals surface area contributed by atoms with Crippen LogP contribution in [0.1, 0.15) is 26.3 Å². The van der Waals surface area contributed by atoms with Crippen LogP contribution in [0.25, 0.3) is 0 Å². The lowest BCUT2D eigenvalue weighted by Crippen LogP contribution is -2.32. The molecular formula is C20H17N2O5+. The maximum absolute atomic E-state index is 12.3. The van der Waals surface area contributed by atoms with E-state index in [4.69, 9.17) is 4.74 Å². The molecule has 0 aliphatic carbocycles. The van der Waals surface area contributed by atoms with Gasteiger partial charge in [-0.2, -0.15) is 0 Å². The first-order chi connectivity index (χ1) is 13.0. The number of carbonyl (C=O) groups excluding carboxylic acids is 1. The first-order valence-electron chi connectivity index (χ1n) is 8.10. The number of hydrogen-bond donors (Lipinski definition) is 3. The number of nitrogens with one attached hydrogen (secondary N) is 1. The first-order valence-corrected chi connectivity index (χ1v) is 8.10. The van der Waals surface area contributed by atoms with Crippen LogP contribution in [0.5, 0.6) is 5.88 Å². The lowest BCUT2D eigenvalue weighted by molar-refractivity contribution is -0.906. The number of ether oxygens (including phenoxy) is 1. The van der Waals surface area contributed by atoms with Crippen LogP contribution in [-0.2, 0) is 6.61 Å². The first kappa shape index (κ1) is 17.9. The Balaban J connectivity index is 1.71. The normalized spacial score (nSPS) is 10.2. The van der Waals surface area contributed by atoms with E-state index in [9.17, 15) is 19.9 Å². The van der Waals surface area contributed by atoms with Gasteiger partial charge in [0.15, 0.2) is 0 Å². The molecule has 7 heteroatoms. The van der Waals surface area contributed by atoms with Gasteiger partial charge in [-0.25, -0.2) is 4.79 Å². The lowest BCUT2D eigenvalue weighted by Gasteiger charge is -2.07. The second-order valence-electron chi connectivity index (χ2n) is 5.68. The highest BCUT2D eigenvalue weighted by Gasteiger charge is 2.18. The summed E-state index contributed by atoms with van der Waals surface area (Å²) in [5.74, 6) is -1.59. The smallest absolute Gasteiger partial charge is 0.417 e. The highest BCUT2D eigenvalue weighted by molar-refractivity contribution is 6.10. The molecular weight excluding hydrogens is 348 g/mol. The topological polar surface area (TPSA) is 99.7 Å². The Morgan fingerprint density at radius 3 is 2.26 bits per heavy atom. The summed E-state index contributed by atoms with van der Waals surface area (Å²) in [7, 11) is 0. The highest BCUT2D eigenvalue weighted by Crippen LogP contribution is 2.15. The predicted molar refractivity (Wildman–Crippen MR) is 96.0 cm³/mol. The van der Waals surface area contributed by atoms with Crippen LogP contribution in [-0.4, -0.2) is 22.2 Å². The summed E-state index contributed by atoms with van der Waals surface area (Å²) in [6.45, 7) is 0.277. The maximum atomic E-state index is 12.3. The maximum Gasteiger partial charge on any atom is 0.417 e. The predicted octanol–water partition coefficient (Wildman–Crippen LogP) is 2.74. The Morgan fingerprint density at radius 2 is 1.59 bits per heavy atom. The van der Waals surface area contributed by atoms with Crippen LogP contribution < -0.4 is 14.8 Å². The zero-order valence-corrected chi connectivity index (χ0v) is 14.2. The molecule has 0 aliphatic rings. The molecule has 136 valence electrons. The zero-order chi connectivity index (χ0) is 19.2. The summed E-state index contributed by atoms with van der Waals surface area (Å²) in [4.78, 5) is 23.6. The monoisotopic (exact) mass is 365 g/mol. The van der Waals surface area contributed by atoms with Gasteiger partial charge in [-0.3, -0.25) is 10.0 Å². The molecule has 2 aromatic carbocycles. The molecule has 0 fully saturated rings. The number of anilines is 1. The second-order valence-corrected chi connectivity index (χ2v) is 5.68. The van der Waals surface area contributed by atoms with Gasteiger partial charge in [-0.1, -0.05) is 42.5 Å². The minimum Gasteiger partial charge on any atom is -0.478 e. The van der Waals surface area contributed by atoms with E-state index >= 15 is 0 Å². The Labute approximate surface area is 155 Å². The summed E-state index contributed by atoms with van der Waals surface area (Å²) in [6.07, 6.45) is 1.27. The fraction of sp³-hybridized carbons (Fsp3) is 0.0500. The van der Waals surface area contributed by atoms with Gasteiger partial charge in [0, 0.05) is 4.73 Å². The van der Waals surface area contributed by atoms with Gasteiger partial charge in [-0.15, -0.1) is 0 Å². The van der Waals surface area contributed by atoms with E-state index in [-0.39, 0.29) is 29.3 Å². The lowest BCUT2D eigenvalue weighted by atomic mass is 10.1. The number of aromatic carboxylic acids is 1. The van der Waals surface area contributed by atoms with Crippen LogP contribution in [0.4, 0.5) is 5.69 Å². The van der Waals surface area contributed by atoms with Gasteiger partial charge in [-0.05, 0) is 23.8 Å². The van der Waals surface area contributed by atoms with Crippen LogP contribution in [0.2, 0.25) is 0 Å². The number of hydrogen-bond acceptors (Lipinski definition) is 4. The van der Waals surface area contributed by atoms with Crippen molar-refractivity contribution < 1.29 is 29.4 Å². The molecule has 1 amide bonds. The summed E-state index contributed by atoms with van der Waals surface area (Å²) in [5.41, 5.74) is 1.16. The van der Waals surface area contributed by atoms with Gasteiger partial charge >= 0.3 is 11.8 Å². The summed E-state index contributed by atoms with van der Waals surface area (Å²) in [6, 6.07) is 18.4. The molecule has 3 N–H and O–H groups in total. The quantitative estimate of drug-likeness (QED) is 0.461. The van der Waals surface area contributed by atoms with Crippen molar-refractivity contribution in [3.63, 3.8) is 0 Å². The molecule has 3 aromatic rings. The van der Waals surface area contributed by atoms with Crippen LogP contribution in [0.15, 0.2) is 72.9 Å². The summed E-state index contributed by atoms with van der Waals surface area (Å²) >= 11 is 0. The molecule has 27 heavy (non-hydrogen) atoms. The van der Waals surface area contributed by atoms with Crippen LogP contribution in [0, 0.1) is 0 Å². The van der Waals surface area contributed by atoms with Crippen molar-refractivity contribution >= 4 is 17.6 Å². The van der Waals surface area contributed by atoms with Crippen molar-refractivity contribution in [2.24, 2.45) is 0 Å². The number of rotatable bonds is 6. The van der Waals surface area contributed by atoms with E-state index in [0.29, 0.717) is 0 Å². The van der Waals surface area contributed by atoms with Crippen molar-refractivity contribution in [3.05, 3.63) is 89.6 Å². The Bertz CT molecular complexity index is 973. The van der Waals surface area contributed by atoms with Gasteiger partial charge in [0.25, 0.3) is 5.91 Å². The number of carbonyl (C=O) groups is 2. The molecule has 0 saturated carbocycles. The molecule has 7 nitrogen and oxygen atoms in total. The van der Waals surface area contributed by atoms with Gasteiger partial charge < -0.3 is 15.2 Å². The van der Waals surface area contributed by atoms with E-state index in [1.165, 1.54) is 24.4 Å². The van der Waals surface area contributed by atoms with E-state index in [1.54, 1.807) is 18.2 Å². The Kier molecular flexibility index (Phi) is 5.32. The number of carboxylic acid groups (broad SMARTS) is 1. The number of carboxylic acids is 1. The summed E-state index contributed by atoms with van der Waals surface area (Å²) in [5, 5.41) is 21.8. The Morgan fingerprint density at radius 1 is 0.926 bits per heavy atom. The average Bonchev–Trinajstić information content (AvgIpc) is 2.68. The molecule has 0 spiro atoms. The molecule has 0 saturated heterocycles. The van der Waals surface area contributed by atoms with E-state index in [2.05, 4.69) is 5.32 Å². The molecule has 1 heterocycles. The molecule has 3 rings (SSSR count). The molecule has 0 bridgehead atoms. The third-order valence-electron chi connectivity index (χ3n) is 3.78. The molecule has 0 atom stereocenters. The van der Waals surface area contributed by atoms with Gasteiger partial charge in [0.2, 0.25) is 6.20 Å². The summed E-state index contributed by atoms with van der Waals surface area (Å²) < 4.78 is 6.29. The third-order valence-corrected chi connectivity index (χ3v) is 3.78. The average molecular weight is 365 g/mol. The number of benzene rings is 2. The standard InChI is InChI=1S/C20H16N2O5/c23-19(16-8-4-5-9-17(16)20(24)25)21-15-10-11-18(22(26)12-15)27-13-14-6-2-1-3-7-14/h1-12H,13H2,(H2-,21,23,24,25,26)/p+1. The number of amides is 1. The van der Waals surface area contributed by atoms with Gasteiger partial charge in [0.1, 0.15) is 12.3 Å². The minimum absolute atomic E-state index is 0.0268. The number of pyridine rings is 1. The molecule has 0 radical (unpaired) electrons. The SMILES string of the molecule is O=C(O)c1ccccc1C(=O)Nc1ccc(OCc2ccccc2)[n+](O)c1. The van der Waals surface area contributed by atoms with Crippen molar-refractivity contribution in [1.82, 2.24) is 0 Å². The highest BCUT2D eigenvalue weighted by atomic mass is 16.5. The van der Waals surface area contributed by atoms with E-state index in [1.807, 2.05) is 30.3 Å². The van der Waals surface area contributed by atoms with Crippen molar-refractivity contribution in [2.75, 3.05) is 5.32 Å². The van der Waals surface area contributed by atoms with Crippen LogP contribution in [0.3, 0.4) is 0 Å². The second kappa shape index (κ2) is 8.01. The van der Waals surface area contributed by atoms with Gasteiger partial charge in [0.05, 0.1) is 17.2 Å². The fourth-order valence-electron chi connectivity index (χ4n) is 2.46. The van der Waals surface area contributed by atoms with E-state index in [0.717, 1.165) is 10.3 Å². The number of nitrogens with zero attached hydrogens (tertiary/aromatic N) is 1. The van der Waals surface area contributed by atoms with E-state index < -0.39 is 11.9 Å². The van der Waals surface area contributed by atoms with Crippen molar-refractivity contribution in [3.8, 4) is 5.88 Å². The van der Waals surface area contributed by atoms with Crippen LogP contribution >= 0.6 is 0 Å². The molecule has 1 aromatic heterocycles.